The van der Waals surface area contributed by atoms with Crippen LogP contribution in [0.2, 0.25) is 5.02 Å². The number of anilines is 1. The zero-order valence-electron chi connectivity index (χ0n) is 17.7. The summed E-state index contributed by atoms with van der Waals surface area (Å²) >= 11 is 5.72. The third-order valence-electron chi connectivity index (χ3n) is 4.53. The van der Waals surface area contributed by atoms with Crippen LogP contribution < -0.4 is 19.5 Å². The number of nitrogens with one attached hydrogen (secondary N) is 2. The lowest BCUT2D eigenvalue weighted by molar-refractivity contribution is -0.147. The Morgan fingerprint density at radius 3 is 2.61 bits per heavy atom. The second-order valence-electron chi connectivity index (χ2n) is 7.08. The Morgan fingerprint density at radius 2 is 1.85 bits per heavy atom. The number of benzene rings is 1. The molecule has 178 valence electrons. The molecule has 2 heterocycles. The summed E-state index contributed by atoms with van der Waals surface area (Å²) in [6.07, 6.45) is 3.17. The summed E-state index contributed by atoms with van der Waals surface area (Å²) < 4.78 is 43.1. The van der Waals surface area contributed by atoms with Crippen molar-refractivity contribution in [1.82, 2.24) is 9.71 Å². The van der Waals surface area contributed by atoms with E-state index < -0.39 is 28.5 Å². The van der Waals surface area contributed by atoms with Crippen molar-refractivity contribution in [1.29, 1.82) is 0 Å². The van der Waals surface area contributed by atoms with E-state index >= 15 is 0 Å². The highest BCUT2D eigenvalue weighted by Gasteiger charge is 2.19. The van der Waals surface area contributed by atoms with E-state index in [1.165, 1.54) is 24.4 Å². The number of nitrogens with zero attached hydrogens (tertiary/aromatic N) is 1. The molecule has 1 amide bonds. The lowest BCUT2D eigenvalue weighted by Gasteiger charge is -2.18. The Bertz CT molecular complexity index is 1080. The third-order valence-corrected chi connectivity index (χ3v) is 6.22. The standard InChI is InChI=1S/C21H24ClN3O7S/c22-15-5-8-19(23-13-15)25-20(26)14-32-21(27)4-2-1-3-9-24-33(28,29)16-6-7-17-18(12-16)31-11-10-30-17/h5-8,12-13,24H,1-4,9-11,14H2,(H,23,25,26). The second kappa shape index (κ2) is 11.8. The fraction of sp³-hybridized carbons (Fsp3) is 0.381. The number of aromatic nitrogens is 1. The molecule has 1 aromatic carbocycles. The molecule has 1 aliphatic rings. The van der Waals surface area contributed by atoms with Crippen molar-refractivity contribution in [2.75, 3.05) is 31.7 Å². The first kappa shape index (κ1) is 24.7. The zero-order valence-corrected chi connectivity index (χ0v) is 19.3. The monoisotopic (exact) mass is 497 g/mol. The number of hydrogen-bond donors (Lipinski definition) is 2. The highest BCUT2D eigenvalue weighted by molar-refractivity contribution is 7.89. The van der Waals surface area contributed by atoms with Crippen LogP contribution in [0.1, 0.15) is 25.7 Å². The quantitative estimate of drug-likeness (QED) is 0.357. The Hall–Kier alpha value is -2.89. The summed E-state index contributed by atoms with van der Waals surface area (Å²) in [4.78, 5) is 27.5. The molecule has 0 spiro atoms. The summed E-state index contributed by atoms with van der Waals surface area (Å²) in [7, 11) is -3.68. The Balaban J connectivity index is 1.29. The van der Waals surface area contributed by atoms with Crippen LogP contribution in [0.15, 0.2) is 41.4 Å². The Kier molecular flexibility index (Phi) is 8.87. The lowest BCUT2D eigenvalue weighted by atomic mass is 10.2. The van der Waals surface area contributed by atoms with Gasteiger partial charge in [-0.15, -0.1) is 0 Å². The van der Waals surface area contributed by atoms with Crippen LogP contribution in [0.3, 0.4) is 0 Å². The van der Waals surface area contributed by atoms with Crippen molar-refractivity contribution in [3.63, 3.8) is 0 Å². The summed E-state index contributed by atoms with van der Waals surface area (Å²) in [5.74, 6) is 0.212. The molecule has 0 unspecified atom stereocenters. The Labute approximate surface area is 196 Å². The van der Waals surface area contributed by atoms with Gasteiger partial charge in [0.2, 0.25) is 10.0 Å². The minimum atomic E-state index is -3.68. The fourth-order valence-electron chi connectivity index (χ4n) is 2.90. The molecule has 33 heavy (non-hydrogen) atoms. The van der Waals surface area contributed by atoms with E-state index in [2.05, 4.69) is 15.0 Å². The molecular formula is C21H24ClN3O7S. The van der Waals surface area contributed by atoms with E-state index in [0.717, 1.165) is 0 Å². The van der Waals surface area contributed by atoms with Crippen LogP contribution >= 0.6 is 11.6 Å². The number of halogens is 1. The molecule has 3 rings (SSSR count). The number of carbonyl (C=O) groups excluding carboxylic acids is 2. The topological polar surface area (TPSA) is 133 Å². The summed E-state index contributed by atoms with van der Waals surface area (Å²) in [5.41, 5.74) is 0. The summed E-state index contributed by atoms with van der Waals surface area (Å²) in [6, 6.07) is 7.58. The lowest BCUT2D eigenvalue weighted by Crippen LogP contribution is -2.25. The second-order valence-corrected chi connectivity index (χ2v) is 9.29. The van der Waals surface area contributed by atoms with E-state index in [0.29, 0.717) is 54.8 Å². The predicted molar refractivity (Wildman–Crippen MR) is 120 cm³/mol. The number of pyridine rings is 1. The van der Waals surface area contributed by atoms with Gasteiger partial charge >= 0.3 is 5.97 Å². The average Bonchev–Trinajstić information content (AvgIpc) is 2.81. The number of esters is 1. The van der Waals surface area contributed by atoms with Crippen molar-refractivity contribution >= 4 is 39.3 Å². The largest absolute Gasteiger partial charge is 0.486 e. The number of hydrogen-bond acceptors (Lipinski definition) is 8. The number of amides is 1. The summed E-state index contributed by atoms with van der Waals surface area (Å²) in [6.45, 7) is 0.607. The van der Waals surface area contributed by atoms with Crippen LogP contribution in [0.25, 0.3) is 0 Å². The first-order chi connectivity index (χ1) is 15.8. The molecule has 0 radical (unpaired) electrons. The maximum atomic E-state index is 12.4. The van der Waals surface area contributed by atoms with E-state index in [9.17, 15) is 18.0 Å². The molecule has 0 fully saturated rings. The molecule has 1 aromatic heterocycles. The molecule has 0 aliphatic carbocycles. The van der Waals surface area contributed by atoms with Crippen molar-refractivity contribution in [3.8, 4) is 11.5 Å². The van der Waals surface area contributed by atoms with Crippen LogP contribution in [-0.4, -0.2) is 51.6 Å². The van der Waals surface area contributed by atoms with Crippen molar-refractivity contribution in [2.24, 2.45) is 0 Å². The molecule has 0 atom stereocenters. The molecule has 0 saturated carbocycles. The molecule has 0 saturated heterocycles. The summed E-state index contributed by atoms with van der Waals surface area (Å²) in [5, 5.41) is 2.93. The van der Waals surface area contributed by atoms with Gasteiger partial charge in [0.05, 0.1) is 9.92 Å². The Morgan fingerprint density at radius 1 is 1.06 bits per heavy atom. The van der Waals surface area contributed by atoms with Crippen LogP contribution in [0.5, 0.6) is 11.5 Å². The highest BCUT2D eigenvalue weighted by Crippen LogP contribution is 2.32. The van der Waals surface area contributed by atoms with Gasteiger partial charge in [-0.3, -0.25) is 9.59 Å². The zero-order chi connectivity index (χ0) is 23.7. The van der Waals surface area contributed by atoms with E-state index in [1.54, 1.807) is 12.1 Å². The average molecular weight is 498 g/mol. The van der Waals surface area contributed by atoms with E-state index in [-0.39, 0.29) is 17.9 Å². The van der Waals surface area contributed by atoms with Gasteiger partial charge in [0.1, 0.15) is 19.0 Å². The first-order valence-electron chi connectivity index (χ1n) is 10.3. The number of sulfonamides is 1. The van der Waals surface area contributed by atoms with Crippen molar-refractivity contribution < 1.29 is 32.2 Å². The molecule has 12 heteroatoms. The van der Waals surface area contributed by atoms with E-state index in [1.807, 2.05) is 0 Å². The van der Waals surface area contributed by atoms with Gasteiger partial charge in [0, 0.05) is 25.2 Å². The number of ether oxygens (including phenoxy) is 3. The van der Waals surface area contributed by atoms with Gasteiger partial charge in [-0.1, -0.05) is 18.0 Å². The van der Waals surface area contributed by atoms with Gasteiger partial charge in [0.15, 0.2) is 18.1 Å². The van der Waals surface area contributed by atoms with Crippen LogP contribution in [0.4, 0.5) is 5.82 Å². The highest BCUT2D eigenvalue weighted by atomic mass is 35.5. The number of fused-ring (bicyclic) bond motifs is 1. The molecule has 2 N–H and O–H groups in total. The number of rotatable bonds is 11. The minimum absolute atomic E-state index is 0.0994. The number of carbonyl (C=O) groups is 2. The fourth-order valence-corrected chi connectivity index (χ4v) is 4.10. The molecule has 10 nitrogen and oxygen atoms in total. The van der Waals surface area contributed by atoms with Gasteiger partial charge in [-0.25, -0.2) is 18.1 Å². The van der Waals surface area contributed by atoms with Crippen molar-refractivity contribution in [2.45, 2.75) is 30.6 Å². The molecular weight excluding hydrogens is 474 g/mol. The van der Waals surface area contributed by atoms with Crippen molar-refractivity contribution in [3.05, 3.63) is 41.6 Å². The molecule has 0 bridgehead atoms. The normalized spacial score (nSPS) is 12.8. The number of unbranched alkanes of at least 4 members (excludes halogenated alkanes) is 2. The van der Waals surface area contributed by atoms with E-state index in [4.69, 9.17) is 25.8 Å². The predicted octanol–water partition coefficient (Wildman–Crippen LogP) is 2.53. The molecule has 1 aliphatic heterocycles. The SMILES string of the molecule is O=C(COC(=O)CCCCCNS(=O)(=O)c1ccc2c(c1)OCCO2)Nc1ccc(Cl)cn1. The van der Waals surface area contributed by atoms with Gasteiger partial charge in [0.25, 0.3) is 5.91 Å². The minimum Gasteiger partial charge on any atom is -0.486 e. The van der Waals surface area contributed by atoms with Gasteiger partial charge in [-0.2, -0.15) is 0 Å². The maximum absolute atomic E-state index is 12.4. The molecule has 2 aromatic rings. The van der Waals surface area contributed by atoms with Crippen LogP contribution in [-0.2, 0) is 24.3 Å². The first-order valence-corrected chi connectivity index (χ1v) is 12.2. The maximum Gasteiger partial charge on any atom is 0.306 e. The smallest absolute Gasteiger partial charge is 0.306 e. The van der Waals surface area contributed by atoms with Gasteiger partial charge in [-0.05, 0) is 37.1 Å². The van der Waals surface area contributed by atoms with Crippen LogP contribution in [0, 0.1) is 0 Å². The van der Waals surface area contributed by atoms with Gasteiger partial charge < -0.3 is 19.5 Å². The third kappa shape index (κ3) is 7.88.